The standard InChI is InChI=1S/C11H12N2O2/c1-3-15-11-5-9-8(4-10(11)14-2)6-12-7-13-9/h4-7H,3H2,1-2H3. The highest BCUT2D eigenvalue weighted by molar-refractivity contribution is 5.81. The van der Waals surface area contributed by atoms with Crippen molar-refractivity contribution in [3.8, 4) is 11.5 Å². The van der Waals surface area contributed by atoms with Gasteiger partial charge in [-0.1, -0.05) is 0 Å². The SMILES string of the molecule is CCOc1cc2ncncc2cc1OC. The molecule has 1 aromatic carbocycles. The first-order valence-electron chi connectivity index (χ1n) is 4.75. The van der Waals surface area contributed by atoms with Gasteiger partial charge in [0.2, 0.25) is 0 Å². The van der Waals surface area contributed by atoms with E-state index in [1.165, 1.54) is 6.33 Å². The number of fused-ring (bicyclic) bond motifs is 1. The van der Waals surface area contributed by atoms with Gasteiger partial charge in [-0.25, -0.2) is 9.97 Å². The molecule has 2 rings (SSSR count). The van der Waals surface area contributed by atoms with E-state index in [0.29, 0.717) is 18.1 Å². The van der Waals surface area contributed by atoms with Crippen molar-refractivity contribution in [2.75, 3.05) is 13.7 Å². The molecular weight excluding hydrogens is 192 g/mol. The van der Waals surface area contributed by atoms with Crippen molar-refractivity contribution in [1.82, 2.24) is 9.97 Å². The first-order chi connectivity index (χ1) is 7.35. The zero-order chi connectivity index (χ0) is 10.7. The van der Waals surface area contributed by atoms with E-state index < -0.39 is 0 Å². The predicted octanol–water partition coefficient (Wildman–Crippen LogP) is 2.04. The summed E-state index contributed by atoms with van der Waals surface area (Å²) in [5.41, 5.74) is 0.856. The van der Waals surface area contributed by atoms with Crippen LogP contribution in [0, 0.1) is 0 Å². The van der Waals surface area contributed by atoms with E-state index >= 15 is 0 Å². The zero-order valence-electron chi connectivity index (χ0n) is 8.73. The Kier molecular flexibility index (Phi) is 2.67. The minimum atomic E-state index is 0.604. The second kappa shape index (κ2) is 4.13. The highest BCUT2D eigenvalue weighted by Crippen LogP contribution is 2.30. The number of rotatable bonds is 3. The van der Waals surface area contributed by atoms with E-state index in [1.807, 2.05) is 19.1 Å². The summed E-state index contributed by atoms with van der Waals surface area (Å²) < 4.78 is 10.7. The van der Waals surface area contributed by atoms with Crippen LogP contribution < -0.4 is 9.47 Å². The van der Waals surface area contributed by atoms with Crippen LogP contribution in [0.1, 0.15) is 6.92 Å². The van der Waals surface area contributed by atoms with Crippen molar-refractivity contribution < 1.29 is 9.47 Å². The molecule has 4 nitrogen and oxygen atoms in total. The van der Waals surface area contributed by atoms with Crippen LogP contribution in [0.4, 0.5) is 0 Å². The molecule has 0 unspecified atom stereocenters. The van der Waals surface area contributed by atoms with E-state index in [2.05, 4.69) is 9.97 Å². The van der Waals surface area contributed by atoms with Crippen LogP contribution in [0.15, 0.2) is 24.7 Å². The normalized spacial score (nSPS) is 10.3. The Balaban J connectivity index is 2.58. The molecule has 0 aliphatic carbocycles. The maximum atomic E-state index is 5.45. The molecule has 0 aliphatic heterocycles. The van der Waals surface area contributed by atoms with Crippen LogP contribution in [-0.2, 0) is 0 Å². The van der Waals surface area contributed by atoms with Crippen LogP contribution in [0.3, 0.4) is 0 Å². The monoisotopic (exact) mass is 204 g/mol. The lowest BCUT2D eigenvalue weighted by molar-refractivity contribution is 0.311. The Morgan fingerprint density at radius 2 is 2.13 bits per heavy atom. The van der Waals surface area contributed by atoms with Gasteiger partial charge in [0.25, 0.3) is 0 Å². The molecule has 0 N–H and O–H groups in total. The van der Waals surface area contributed by atoms with Crippen molar-refractivity contribution in [3.63, 3.8) is 0 Å². The highest BCUT2D eigenvalue weighted by atomic mass is 16.5. The fourth-order valence-electron chi connectivity index (χ4n) is 1.42. The summed E-state index contributed by atoms with van der Waals surface area (Å²) in [6.45, 7) is 2.54. The van der Waals surface area contributed by atoms with Gasteiger partial charge in [-0.05, 0) is 13.0 Å². The molecule has 1 aromatic heterocycles. The molecule has 0 amide bonds. The summed E-state index contributed by atoms with van der Waals surface area (Å²) in [7, 11) is 1.62. The van der Waals surface area contributed by atoms with Gasteiger partial charge in [0.15, 0.2) is 11.5 Å². The largest absolute Gasteiger partial charge is 0.493 e. The number of methoxy groups -OCH3 is 1. The van der Waals surface area contributed by atoms with Gasteiger partial charge in [0.05, 0.1) is 19.2 Å². The van der Waals surface area contributed by atoms with Crippen molar-refractivity contribution in [3.05, 3.63) is 24.7 Å². The minimum absolute atomic E-state index is 0.604. The maximum Gasteiger partial charge on any atom is 0.163 e. The summed E-state index contributed by atoms with van der Waals surface area (Å²) >= 11 is 0. The molecule has 0 saturated carbocycles. The Morgan fingerprint density at radius 3 is 2.87 bits per heavy atom. The minimum Gasteiger partial charge on any atom is -0.493 e. The van der Waals surface area contributed by atoms with E-state index in [0.717, 1.165) is 10.9 Å². The molecule has 2 aromatic rings. The lowest BCUT2D eigenvalue weighted by Gasteiger charge is -2.09. The van der Waals surface area contributed by atoms with Gasteiger partial charge in [0.1, 0.15) is 6.33 Å². The lowest BCUT2D eigenvalue weighted by atomic mass is 10.2. The summed E-state index contributed by atoms with van der Waals surface area (Å²) in [6, 6.07) is 3.74. The topological polar surface area (TPSA) is 44.2 Å². The van der Waals surface area contributed by atoms with E-state index in [-0.39, 0.29) is 0 Å². The predicted molar refractivity (Wildman–Crippen MR) is 57.3 cm³/mol. The number of nitrogens with zero attached hydrogens (tertiary/aromatic N) is 2. The fraction of sp³-hybridized carbons (Fsp3) is 0.273. The zero-order valence-corrected chi connectivity index (χ0v) is 8.73. The van der Waals surface area contributed by atoms with Gasteiger partial charge in [-0.3, -0.25) is 0 Å². The molecule has 0 saturated heterocycles. The molecule has 1 heterocycles. The first-order valence-corrected chi connectivity index (χ1v) is 4.75. The molecule has 0 spiro atoms. The number of benzene rings is 1. The molecule has 15 heavy (non-hydrogen) atoms. The summed E-state index contributed by atoms with van der Waals surface area (Å²) in [6.07, 6.45) is 3.27. The molecule has 0 bridgehead atoms. The van der Waals surface area contributed by atoms with Crippen LogP contribution in [0.2, 0.25) is 0 Å². The highest BCUT2D eigenvalue weighted by Gasteiger charge is 2.06. The number of aromatic nitrogens is 2. The van der Waals surface area contributed by atoms with Crippen LogP contribution >= 0.6 is 0 Å². The average molecular weight is 204 g/mol. The molecule has 0 radical (unpaired) electrons. The third kappa shape index (κ3) is 1.83. The Labute approximate surface area is 87.9 Å². The summed E-state index contributed by atoms with van der Waals surface area (Å²) in [5, 5.41) is 0.942. The van der Waals surface area contributed by atoms with Gasteiger partial charge < -0.3 is 9.47 Å². The summed E-state index contributed by atoms with van der Waals surface area (Å²) in [5.74, 6) is 1.42. The number of hydrogen-bond acceptors (Lipinski definition) is 4. The molecule has 78 valence electrons. The fourth-order valence-corrected chi connectivity index (χ4v) is 1.42. The molecule has 0 fully saturated rings. The maximum absolute atomic E-state index is 5.45. The Morgan fingerprint density at radius 1 is 1.27 bits per heavy atom. The van der Waals surface area contributed by atoms with Crippen molar-refractivity contribution in [1.29, 1.82) is 0 Å². The van der Waals surface area contributed by atoms with Crippen LogP contribution in [-0.4, -0.2) is 23.7 Å². The third-order valence-corrected chi connectivity index (χ3v) is 2.09. The first kappa shape index (κ1) is 9.71. The summed E-state index contributed by atoms with van der Waals surface area (Å²) in [4.78, 5) is 8.11. The van der Waals surface area contributed by atoms with Gasteiger partial charge in [0, 0.05) is 17.6 Å². The van der Waals surface area contributed by atoms with Crippen molar-refractivity contribution >= 4 is 10.9 Å². The van der Waals surface area contributed by atoms with E-state index in [4.69, 9.17) is 9.47 Å². The number of hydrogen-bond donors (Lipinski definition) is 0. The quantitative estimate of drug-likeness (QED) is 0.767. The average Bonchev–Trinajstić information content (AvgIpc) is 2.28. The molecule has 0 aliphatic rings. The smallest absolute Gasteiger partial charge is 0.163 e. The lowest BCUT2D eigenvalue weighted by Crippen LogP contribution is -1.96. The van der Waals surface area contributed by atoms with Crippen molar-refractivity contribution in [2.45, 2.75) is 6.92 Å². The van der Waals surface area contributed by atoms with Crippen LogP contribution in [0.25, 0.3) is 10.9 Å². The Hall–Kier alpha value is -1.84. The molecular formula is C11H12N2O2. The van der Waals surface area contributed by atoms with E-state index in [1.54, 1.807) is 13.3 Å². The van der Waals surface area contributed by atoms with Gasteiger partial charge in [-0.15, -0.1) is 0 Å². The second-order valence-electron chi connectivity index (χ2n) is 3.02. The van der Waals surface area contributed by atoms with Crippen LogP contribution in [0.5, 0.6) is 11.5 Å². The van der Waals surface area contributed by atoms with Crippen molar-refractivity contribution in [2.24, 2.45) is 0 Å². The molecule has 4 heteroatoms. The third-order valence-electron chi connectivity index (χ3n) is 2.09. The van der Waals surface area contributed by atoms with Gasteiger partial charge in [-0.2, -0.15) is 0 Å². The molecule has 0 atom stereocenters. The second-order valence-corrected chi connectivity index (χ2v) is 3.02. The number of ether oxygens (including phenoxy) is 2. The van der Waals surface area contributed by atoms with E-state index in [9.17, 15) is 0 Å². The van der Waals surface area contributed by atoms with Gasteiger partial charge >= 0.3 is 0 Å². The Bertz CT molecular complexity index is 471.